The van der Waals surface area contributed by atoms with Crippen LogP contribution in [0.5, 0.6) is 0 Å². The average Bonchev–Trinajstić information content (AvgIpc) is 2.36. The Kier molecular flexibility index (Phi) is 8.73. The van der Waals surface area contributed by atoms with Gasteiger partial charge in [-0.15, -0.1) is 8.78 Å². The molecule has 0 fully saturated rings. The number of hydrogen-bond donors (Lipinski definition) is 0. The highest BCUT2D eigenvalue weighted by Gasteiger charge is 2.76. The SMILES string of the molecule is CC(C)(C)OC(F)(F)OC(F)(F)C(F)(F)OC(F)(F)C(F)(F)OC(F)(F)C(F)(F)OC(C)(C)C. The van der Waals surface area contributed by atoms with E-state index in [-0.39, 0.29) is 0 Å². The van der Waals surface area contributed by atoms with E-state index < -0.39 is 54.1 Å². The third-order valence-electron chi connectivity index (χ3n) is 2.64. The van der Waals surface area contributed by atoms with Gasteiger partial charge in [-0.25, -0.2) is 14.2 Å². The average molecular weight is 544 g/mol. The number of halogens is 14. The standard InChI is InChI=1S/C15H18F14O5/c1-7(2,3)30-9(16,17)10(18,19)32-11(20,21)12(22,23)33-13(24,25)14(26,27)34-15(28,29)31-8(4,5)6/h1-6H3. The summed E-state index contributed by atoms with van der Waals surface area (Å²) in [5, 5.41) is 0. The van der Waals surface area contributed by atoms with Crippen molar-refractivity contribution < 1.29 is 85.2 Å². The van der Waals surface area contributed by atoms with E-state index in [0.29, 0.717) is 20.8 Å². The fraction of sp³-hybridized carbons (Fsp3) is 1.00. The first-order valence-corrected chi connectivity index (χ1v) is 8.44. The van der Waals surface area contributed by atoms with E-state index in [2.05, 4.69) is 14.2 Å². The highest BCUT2D eigenvalue weighted by atomic mass is 19.4. The maximum atomic E-state index is 13.4. The lowest BCUT2D eigenvalue weighted by molar-refractivity contribution is -0.584. The number of hydrogen-bond acceptors (Lipinski definition) is 5. The van der Waals surface area contributed by atoms with Gasteiger partial charge in [0.2, 0.25) is 0 Å². The maximum Gasteiger partial charge on any atom is 0.490 e. The van der Waals surface area contributed by atoms with Crippen LogP contribution in [0.3, 0.4) is 0 Å². The van der Waals surface area contributed by atoms with Crippen molar-refractivity contribution in [3.8, 4) is 0 Å². The van der Waals surface area contributed by atoms with Crippen molar-refractivity contribution in [2.45, 2.75) is 95.7 Å². The van der Waals surface area contributed by atoms with Gasteiger partial charge in [-0.1, -0.05) is 0 Å². The number of alkyl halides is 14. The first-order chi connectivity index (χ1) is 14.3. The molecule has 0 aromatic heterocycles. The highest BCUT2D eigenvalue weighted by molar-refractivity contribution is 4.79. The smallest absolute Gasteiger partial charge is 0.308 e. The van der Waals surface area contributed by atoms with Gasteiger partial charge < -0.3 is 4.74 Å². The van der Waals surface area contributed by atoms with E-state index >= 15 is 0 Å². The molecular formula is C15H18F14O5. The highest BCUT2D eigenvalue weighted by Crippen LogP contribution is 2.51. The lowest BCUT2D eigenvalue weighted by Crippen LogP contribution is -2.60. The maximum absolute atomic E-state index is 13.4. The molecule has 0 unspecified atom stereocenters. The van der Waals surface area contributed by atoms with Crippen molar-refractivity contribution in [2.75, 3.05) is 0 Å². The minimum Gasteiger partial charge on any atom is -0.308 e. The summed E-state index contributed by atoms with van der Waals surface area (Å²) in [6.07, 6.45) is -47.0. The van der Waals surface area contributed by atoms with Crippen LogP contribution in [0.1, 0.15) is 41.5 Å². The van der Waals surface area contributed by atoms with Gasteiger partial charge in [-0.2, -0.15) is 52.7 Å². The first kappa shape index (κ1) is 32.8. The Hall–Kier alpha value is -1.18. The summed E-state index contributed by atoms with van der Waals surface area (Å²) in [6, 6.07) is 0. The van der Waals surface area contributed by atoms with Crippen LogP contribution >= 0.6 is 0 Å². The molecule has 0 aliphatic carbocycles. The van der Waals surface area contributed by atoms with Crippen LogP contribution in [-0.4, -0.2) is 54.1 Å². The summed E-state index contributed by atoms with van der Waals surface area (Å²) in [5.74, 6) is 0. The Morgan fingerprint density at radius 2 is 0.500 bits per heavy atom. The van der Waals surface area contributed by atoms with E-state index in [0.717, 1.165) is 20.8 Å². The lowest BCUT2D eigenvalue weighted by Gasteiger charge is -2.36. The van der Waals surface area contributed by atoms with Gasteiger partial charge >= 0.3 is 42.9 Å². The summed E-state index contributed by atoms with van der Waals surface area (Å²) >= 11 is 0. The van der Waals surface area contributed by atoms with E-state index in [1.807, 2.05) is 4.74 Å². The molecule has 0 spiro atoms. The molecule has 0 saturated heterocycles. The van der Waals surface area contributed by atoms with E-state index in [9.17, 15) is 61.5 Å². The van der Waals surface area contributed by atoms with Crippen molar-refractivity contribution in [3.05, 3.63) is 0 Å². The predicted octanol–water partition coefficient (Wildman–Crippen LogP) is 6.77. The van der Waals surface area contributed by atoms with Gasteiger partial charge in [-0.3, -0.25) is 4.74 Å². The van der Waals surface area contributed by atoms with Crippen LogP contribution in [0, 0.1) is 0 Å². The molecule has 0 radical (unpaired) electrons. The van der Waals surface area contributed by atoms with Gasteiger partial charge in [0.1, 0.15) is 0 Å². The molecular weight excluding hydrogens is 526 g/mol. The molecule has 206 valence electrons. The van der Waals surface area contributed by atoms with Crippen molar-refractivity contribution in [1.29, 1.82) is 0 Å². The molecule has 0 saturated carbocycles. The van der Waals surface area contributed by atoms with Gasteiger partial charge in [0.15, 0.2) is 0 Å². The van der Waals surface area contributed by atoms with Gasteiger partial charge in [0, 0.05) is 0 Å². The number of rotatable bonds is 11. The van der Waals surface area contributed by atoms with Crippen molar-refractivity contribution in [3.63, 3.8) is 0 Å². The summed E-state index contributed by atoms with van der Waals surface area (Å²) in [6.45, 7) is 4.32. The monoisotopic (exact) mass is 544 g/mol. The molecule has 0 aromatic rings. The third kappa shape index (κ3) is 8.80. The Morgan fingerprint density at radius 1 is 0.294 bits per heavy atom. The predicted molar refractivity (Wildman–Crippen MR) is 79.6 cm³/mol. The van der Waals surface area contributed by atoms with E-state index in [4.69, 9.17) is 0 Å². The van der Waals surface area contributed by atoms with Crippen LogP contribution in [0.2, 0.25) is 0 Å². The van der Waals surface area contributed by atoms with Gasteiger partial charge in [0.05, 0.1) is 11.2 Å². The molecule has 0 aromatic carbocycles. The molecule has 0 N–H and O–H groups in total. The topological polar surface area (TPSA) is 46.2 Å². The molecule has 34 heavy (non-hydrogen) atoms. The van der Waals surface area contributed by atoms with E-state index in [1.54, 1.807) is 4.74 Å². The molecule has 0 heterocycles. The summed E-state index contributed by atoms with van der Waals surface area (Å²) in [7, 11) is 0. The fourth-order valence-corrected chi connectivity index (χ4v) is 1.59. The molecule has 0 atom stereocenters. The second-order valence-electron chi connectivity index (χ2n) is 8.30. The Labute approximate surface area is 182 Å². The molecule has 5 nitrogen and oxygen atoms in total. The van der Waals surface area contributed by atoms with Crippen LogP contribution < -0.4 is 0 Å². The zero-order chi connectivity index (χ0) is 28.0. The minimum absolute atomic E-state index is 0.675. The second-order valence-corrected chi connectivity index (χ2v) is 8.30. The first-order valence-electron chi connectivity index (χ1n) is 8.44. The van der Waals surface area contributed by atoms with Crippen molar-refractivity contribution in [1.82, 2.24) is 0 Å². The summed E-state index contributed by atoms with van der Waals surface area (Å²) < 4.78 is 200. The molecule has 0 aliphatic heterocycles. The van der Waals surface area contributed by atoms with Crippen molar-refractivity contribution in [2.24, 2.45) is 0 Å². The summed E-state index contributed by atoms with van der Waals surface area (Å²) in [4.78, 5) is 0. The Balaban J connectivity index is 5.85. The van der Waals surface area contributed by atoms with Gasteiger partial charge in [0.25, 0.3) is 0 Å². The van der Waals surface area contributed by atoms with Crippen LogP contribution in [0.25, 0.3) is 0 Å². The quantitative estimate of drug-likeness (QED) is 0.212. The molecule has 19 heteroatoms. The lowest BCUT2D eigenvalue weighted by atomic mass is 10.2. The van der Waals surface area contributed by atoms with Crippen LogP contribution in [0.15, 0.2) is 0 Å². The molecule has 0 bridgehead atoms. The second kappa shape index (κ2) is 9.04. The zero-order valence-electron chi connectivity index (χ0n) is 17.8. The molecule has 0 rings (SSSR count). The largest absolute Gasteiger partial charge is 0.490 e. The van der Waals surface area contributed by atoms with E-state index in [1.165, 1.54) is 0 Å². The third-order valence-corrected chi connectivity index (χ3v) is 2.64. The number of ether oxygens (including phenoxy) is 5. The molecule has 0 amide bonds. The summed E-state index contributed by atoms with van der Waals surface area (Å²) in [5.41, 5.74) is -4.32. The Morgan fingerprint density at radius 3 is 0.735 bits per heavy atom. The zero-order valence-corrected chi connectivity index (χ0v) is 17.8. The van der Waals surface area contributed by atoms with Gasteiger partial charge in [-0.05, 0) is 41.5 Å². The Bertz CT molecular complexity index is 697. The van der Waals surface area contributed by atoms with Crippen molar-refractivity contribution >= 4 is 0 Å². The normalized spacial score (nSPS) is 16.2. The fourth-order valence-electron chi connectivity index (χ4n) is 1.59. The van der Waals surface area contributed by atoms with Crippen LogP contribution in [-0.2, 0) is 23.7 Å². The minimum atomic E-state index is -7.27. The van der Waals surface area contributed by atoms with Crippen LogP contribution in [0.4, 0.5) is 61.5 Å². The molecule has 0 aliphatic rings.